The quantitative estimate of drug-likeness (QED) is 0.656. The van der Waals surface area contributed by atoms with Gasteiger partial charge < -0.3 is 15.1 Å². The largest absolute Gasteiger partial charge is 0.367 e. The summed E-state index contributed by atoms with van der Waals surface area (Å²) in [5.41, 5.74) is 2.39. The third-order valence-electron chi connectivity index (χ3n) is 4.34. The fourth-order valence-corrected chi connectivity index (χ4v) is 2.83. The van der Waals surface area contributed by atoms with Gasteiger partial charge in [-0.05, 0) is 25.1 Å². The van der Waals surface area contributed by atoms with Crippen LogP contribution in [0.4, 0.5) is 11.4 Å². The summed E-state index contributed by atoms with van der Waals surface area (Å²) in [4.78, 5) is 42.8. The van der Waals surface area contributed by atoms with Crippen molar-refractivity contribution < 1.29 is 14.4 Å². The molecule has 1 fully saturated rings. The van der Waals surface area contributed by atoms with Crippen LogP contribution in [0.1, 0.15) is 27.6 Å². The summed E-state index contributed by atoms with van der Waals surface area (Å²) in [6, 6.07) is 8.61. The van der Waals surface area contributed by atoms with Crippen LogP contribution in [0.25, 0.3) is 0 Å². The fraction of sp³-hybridized carbons (Fsp3) is 0.263. The number of ketones is 1. The minimum atomic E-state index is -0.286. The van der Waals surface area contributed by atoms with Crippen LogP contribution < -0.4 is 10.2 Å². The van der Waals surface area contributed by atoms with E-state index in [0.717, 1.165) is 12.1 Å². The summed E-state index contributed by atoms with van der Waals surface area (Å²) in [6.45, 7) is 4.19. The highest BCUT2D eigenvalue weighted by molar-refractivity contribution is 6.05. The first-order valence-electron chi connectivity index (χ1n) is 8.38. The number of amides is 2. The Morgan fingerprint density at radius 2 is 1.85 bits per heavy atom. The van der Waals surface area contributed by atoms with Crippen molar-refractivity contribution in [3.05, 3.63) is 53.9 Å². The molecule has 1 aromatic carbocycles. The number of Topliss-reactive ketones (excluding diaryl/α,β-unsaturated/α-hetero) is 1. The van der Waals surface area contributed by atoms with Gasteiger partial charge in [0.05, 0.1) is 17.4 Å². The van der Waals surface area contributed by atoms with Crippen molar-refractivity contribution in [1.82, 2.24) is 9.88 Å². The van der Waals surface area contributed by atoms with E-state index in [4.69, 9.17) is 0 Å². The number of hydrogen-bond acceptors (Lipinski definition) is 5. The van der Waals surface area contributed by atoms with Gasteiger partial charge in [-0.25, -0.2) is 0 Å². The Kier molecular flexibility index (Phi) is 5.26. The number of benzene rings is 1. The van der Waals surface area contributed by atoms with Crippen molar-refractivity contribution in [2.24, 2.45) is 0 Å². The Morgan fingerprint density at radius 1 is 1.08 bits per heavy atom. The molecule has 2 heterocycles. The van der Waals surface area contributed by atoms with Gasteiger partial charge in [0.2, 0.25) is 6.41 Å². The van der Waals surface area contributed by atoms with Crippen molar-refractivity contribution >= 4 is 29.5 Å². The molecule has 1 saturated heterocycles. The highest BCUT2D eigenvalue weighted by Gasteiger charge is 2.17. The molecule has 0 spiro atoms. The minimum Gasteiger partial charge on any atom is -0.367 e. The third-order valence-corrected chi connectivity index (χ3v) is 4.34. The number of anilines is 2. The molecule has 2 amide bonds. The van der Waals surface area contributed by atoms with E-state index in [0.29, 0.717) is 43.0 Å². The van der Waals surface area contributed by atoms with E-state index in [1.54, 1.807) is 41.4 Å². The molecule has 0 unspecified atom stereocenters. The topological polar surface area (TPSA) is 82.6 Å². The van der Waals surface area contributed by atoms with Crippen molar-refractivity contribution in [2.75, 3.05) is 36.4 Å². The molecule has 1 aliphatic rings. The highest BCUT2D eigenvalue weighted by atomic mass is 16.2. The Morgan fingerprint density at radius 3 is 2.54 bits per heavy atom. The maximum Gasteiger partial charge on any atom is 0.257 e. The number of nitrogens with zero attached hydrogens (tertiary/aromatic N) is 3. The van der Waals surface area contributed by atoms with Gasteiger partial charge in [0.15, 0.2) is 5.78 Å². The molecule has 0 aliphatic carbocycles. The first-order valence-corrected chi connectivity index (χ1v) is 8.38. The van der Waals surface area contributed by atoms with Gasteiger partial charge in [-0.1, -0.05) is 12.1 Å². The number of carbonyl (C=O) groups is 3. The lowest BCUT2D eigenvalue weighted by Gasteiger charge is -2.34. The molecular formula is C19H20N4O3. The molecule has 0 bridgehead atoms. The molecule has 0 radical (unpaired) electrons. The summed E-state index contributed by atoms with van der Waals surface area (Å²) in [5, 5.41) is 2.80. The zero-order valence-electron chi connectivity index (χ0n) is 14.5. The Labute approximate surface area is 151 Å². The molecule has 0 saturated carbocycles. The molecule has 0 atom stereocenters. The molecule has 1 aromatic heterocycles. The predicted molar refractivity (Wildman–Crippen MR) is 98.5 cm³/mol. The molecule has 134 valence electrons. The van der Waals surface area contributed by atoms with E-state index in [-0.39, 0.29) is 11.7 Å². The number of pyridine rings is 1. The van der Waals surface area contributed by atoms with Crippen molar-refractivity contribution in [3.8, 4) is 0 Å². The van der Waals surface area contributed by atoms with E-state index in [2.05, 4.69) is 15.2 Å². The lowest BCUT2D eigenvalue weighted by Crippen LogP contribution is -2.45. The van der Waals surface area contributed by atoms with E-state index in [1.165, 1.54) is 13.1 Å². The van der Waals surface area contributed by atoms with Gasteiger partial charge in [-0.15, -0.1) is 0 Å². The highest BCUT2D eigenvalue weighted by Crippen LogP contribution is 2.18. The van der Waals surface area contributed by atoms with Gasteiger partial charge in [-0.2, -0.15) is 0 Å². The van der Waals surface area contributed by atoms with Crippen LogP contribution in [0.5, 0.6) is 0 Å². The number of hydrogen-bond donors (Lipinski definition) is 1. The molecule has 1 aliphatic heterocycles. The zero-order valence-corrected chi connectivity index (χ0v) is 14.5. The first-order chi connectivity index (χ1) is 12.6. The monoisotopic (exact) mass is 352 g/mol. The number of aromatic nitrogens is 1. The molecule has 3 rings (SSSR count). The third kappa shape index (κ3) is 4.05. The van der Waals surface area contributed by atoms with Gasteiger partial charge in [-0.3, -0.25) is 19.4 Å². The summed E-state index contributed by atoms with van der Waals surface area (Å²) in [5.74, 6) is -0.342. The molecule has 1 N–H and O–H groups in total. The maximum atomic E-state index is 12.5. The van der Waals surface area contributed by atoms with Gasteiger partial charge in [0.25, 0.3) is 5.91 Å². The average molecular weight is 352 g/mol. The number of nitrogens with one attached hydrogen (secondary N) is 1. The van der Waals surface area contributed by atoms with E-state index in [9.17, 15) is 14.4 Å². The van der Waals surface area contributed by atoms with Crippen molar-refractivity contribution in [1.29, 1.82) is 0 Å². The summed E-state index contributed by atoms with van der Waals surface area (Å²) < 4.78 is 0. The lowest BCUT2D eigenvalue weighted by atomic mass is 10.1. The van der Waals surface area contributed by atoms with Crippen LogP contribution in [-0.4, -0.2) is 54.2 Å². The molecular weight excluding hydrogens is 332 g/mol. The van der Waals surface area contributed by atoms with E-state index < -0.39 is 0 Å². The minimum absolute atomic E-state index is 0.0563. The maximum absolute atomic E-state index is 12.5. The van der Waals surface area contributed by atoms with Crippen LogP contribution in [0.15, 0.2) is 42.7 Å². The van der Waals surface area contributed by atoms with Crippen LogP contribution >= 0.6 is 0 Å². The normalized spacial score (nSPS) is 14.0. The molecule has 2 aromatic rings. The predicted octanol–water partition coefficient (Wildman–Crippen LogP) is 1.81. The van der Waals surface area contributed by atoms with Crippen molar-refractivity contribution in [2.45, 2.75) is 6.92 Å². The molecule has 7 nitrogen and oxygen atoms in total. The standard InChI is InChI=1S/C19H20N4O3/c1-14(25)15-3-2-4-17(9-15)21-19(26)16-10-18(12-20-11-16)23-7-5-22(13-24)6-8-23/h2-4,9-13H,5-8H2,1H3,(H,21,26). The summed E-state index contributed by atoms with van der Waals surface area (Å²) in [6.07, 6.45) is 4.08. The van der Waals surface area contributed by atoms with Crippen LogP contribution in [-0.2, 0) is 4.79 Å². The van der Waals surface area contributed by atoms with E-state index in [1.807, 2.05) is 0 Å². The lowest BCUT2D eigenvalue weighted by molar-refractivity contribution is -0.118. The second-order valence-corrected chi connectivity index (χ2v) is 6.15. The average Bonchev–Trinajstić information content (AvgIpc) is 2.68. The van der Waals surface area contributed by atoms with E-state index >= 15 is 0 Å². The van der Waals surface area contributed by atoms with Crippen LogP contribution in [0, 0.1) is 0 Å². The molecule has 7 heteroatoms. The SMILES string of the molecule is CC(=O)c1cccc(NC(=O)c2cncc(N3CCN(C=O)CC3)c2)c1. The van der Waals surface area contributed by atoms with Crippen molar-refractivity contribution in [3.63, 3.8) is 0 Å². The fourth-order valence-electron chi connectivity index (χ4n) is 2.83. The Hall–Kier alpha value is -3.22. The van der Waals surface area contributed by atoms with Crippen LogP contribution in [0.3, 0.4) is 0 Å². The number of piperazine rings is 1. The second-order valence-electron chi connectivity index (χ2n) is 6.15. The smallest absolute Gasteiger partial charge is 0.257 e. The van der Waals surface area contributed by atoms with Crippen LogP contribution in [0.2, 0.25) is 0 Å². The van der Waals surface area contributed by atoms with Gasteiger partial charge in [0.1, 0.15) is 0 Å². The number of carbonyl (C=O) groups excluding carboxylic acids is 3. The molecule has 26 heavy (non-hydrogen) atoms. The van der Waals surface area contributed by atoms with Gasteiger partial charge in [0, 0.05) is 43.6 Å². The zero-order chi connectivity index (χ0) is 18.5. The van der Waals surface area contributed by atoms with Gasteiger partial charge >= 0.3 is 0 Å². The summed E-state index contributed by atoms with van der Waals surface area (Å²) in [7, 11) is 0. The number of rotatable bonds is 5. The summed E-state index contributed by atoms with van der Waals surface area (Å²) >= 11 is 0. The first kappa shape index (κ1) is 17.6. The Bertz CT molecular complexity index is 829. The second kappa shape index (κ2) is 7.77. The Balaban J connectivity index is 1.71.